The molecule has 3 heteroatoms. The van der Waals surface area contributed by atoms with E-state index in [1.54, 1.807) is 6.07 Å². The van der Waals surface area contributed by atoms with E-state index in [9.17, 15) is 4.39 Å². The second-order valence-corrected chi connectivity index (χ2v) is 3.36. The molecule has 0 bridgehead atoms. The molecule has 0 fully saturated rings. The fourth-order valence-corrected chi connectivity index (χ4v) is 1.17. The van der Waals surface area contributed by atoms with E-state index >= 15 is 0 Å². The van der Waals surface area contributed by atoms with Crippen molar-refractivity contribution < 1.29 is 4.39 Å². The van der Waals surface area contributed by atoms with E-state index in [1.165, 1.54) is 6.07 Å². The summed E-state index contributed by atoms with van der Waals surface area (Å²) in [6.45, 7) is 1.01. The van der Waals surface area contributed by atoms with Crippen LogP contribution in [0.1, 0.15) is 12.1 Å². The summed E-state index contributed by atoms with van der Waals surface area (Å²) in [6, 6.07) is 4.93. The molecular formula is C10H15FN2. The maximum absolute atomic E-state index is 12.6. The first kappa shape index (κ1) is 10.1. The van der Waals surface area contributed by atoms with Crippen LogP contribution in [0.15, 0.2) is 18.2 Å². The molecule has 0 aromatic carbocycles. The Morgan fingerprint density at radius 1 is 1.38 bits per heavy atom. The zero-order chi connectivity index (χ0) is 9.68. The highest BCUT2D eigenvalue weighted by molar-refractivity contribution is 5.04. The fraction of sp³-hybridized carbons (Fsp3) is 0.500. The molecule has 13 heavy (non-hydrogen) atoms. The summed E-state index contributed by atoms with van der Waals surface area (Å²) in [5, 5.41) is 0. The van der Waals surface area contributed by atoms with Crippen molar-refractivity contribution in [1.82, 2.24) is 9.88 Å². The minimum atomic E-state index is -0.387. The summed E-state index contributed by atoms with van der Waals surface area (Å²) in [7, 11) is 4.05. The van der Waals surface area contributed by atoms with Gasteiger partial charge < -0.3 is 4.90 Å². The second-order valence-electron chi connectivity index (χ2n) is 3.36. The maximum Gasteiger partial charge on any atom is 0.213 e. The Hall–Kier alpha value is -0.960. The van der Waals surface area contributed by atoms with E-state index < -0.39 is 0 Å². The van der Waals surface area contributed by atoms with Crippen LogP contribution in [-0.2, 0) is 6.42 Å². The van der Waals surface area contributed by atoms with Crippen molar-refractivity contribution in [1.29, 1.82) is 0 Å². The number of nitrogens with zero attached hydrogens (tertiary/aromatic N) is 2. The average molecular weight is 182 g/mol. The van der Waals surface area contributed by atoms with Gasteiger partial charge in [0.1, 0.15) is 0 Å². The molecule has 0 aliphatic carbocycles. The van der Waals surface area contributed by atoms with E-state index in [0.717, 1.165) is 25.1 Å². The van der Waals surface area contributed by atoms with Gasteiger partial charge in [-0.3, -0.25) is 0 Å². The number of hydrogen-bond acceptors (Lipinski definition) is 2. The molecule has 0 radical (unpaired) electrons. The quantitative estimate of drug-likeness (QED) is 0.659. The minimum absolute atomic E-state index is 0.387. The van der Waals surface area contributed by atoms with Crippen molar-refractivity contribution in [2.75, 3.05) is 20.6 Å². The Kier molecular flexibility index (Phi) is 3.83. The molecule has 1 aromatic rings. The molecule has 0 aliphatic rings. The van der Waals surface area contributed by atoms with Crippen LogP contribution in [0.4, 0.5) is 4.39 Å². The average Bonchev–Trinajstić information content (AvgIpc) is 2.03. The third-order valence-electron chi connectivity index (χ3n) is 1.81. The van der Waals surface area contributed by atoms with Gasteiger partial charge in [-0.1, -0.05) is 6.07 Å². The monoisotopic (exact) mass is 182 g/mol. The van der Waals surface area contributed by atoms with E-state index in [0.29, 0.717) is 0 Å². The van der Waals surface area contributed by atoms with E-state index in [-0.39, 0.29) is 5.95 Å². The molecule has 1 heterocycles. The predicted molar refractivity (Wildman–Crippen MR) is 51.1 cm³/mol. The Morgan fingerprint density at radius 2 is 2.15 bits per heavy atom. The standard InChI is InChI=1S/C10H15FN2/c1-13(2)8-4-6-9-5-3-7-10(11)12-9/h3,5,7H,4,6,8H2,1-2H3. The van der Waals surface area contributed by atoms with Crippen LogP contribution in [0.5, 0.6) is 0 Å². The van der Waals surface area contributed by atoms with Gasteiger partial charge in [0, 0.05) is 5.69 Å². The van der Waals surface area contributed by atoms with Crippen LogP contribution in [-0.4, -0.2) is 30.5 Å². The topological polar surface area (TPSA) is 16.1 Å². The Labute approximate surface area is 78.4 Å². The van der Waals surface area contributed by atoms with Gasteiger partial charge in [0.25, 0.3) is 0 Å². The molecule has 2 nitrogen and oxygen atoms in total. The van der Waals surface area contributed by atoms with Crippen LogP contribution in [0, 0.1) is 5.95 Å². The summed E-state index contributed by atoms with van der Waals surface area (Å²) in [6.07, 6.45) is 1.86. The first-order valence-corrected chi connectivity index (χ1v) is 4.44. The minimum Gasteiger partial charge on any atom is -0.309 e. The molecule has 0 saturated carbocycles. The van der Waals surface area contributed by atoms with Crippen molar-refractivity contribution in [2.45, 2.75) is 12.8 Å². The molecule has 1 rings (SSSR count). The zero-order valence-electron chi connectivity index (χ0n) is 8.13. The Morgan fingerprint density at radius 3 is 2.77 bits per heavy atom. The first-order chi connectivity index (χ1) is 6.18. The normalized spacial score (nSPS) is 10.8. The van der Waals surface area contributed by atoms with Gasteiger partial charge in [0.05, 0.1) is 0 Å². The summed E-state index contributed by atoms with van der Waals surface area (Å²) in [5.74, 6) is -0.387. The summed E-state index contributed by atoms with van der Waals surface area (Å²) in [4.78, 5) is 5.90. The summed E-state index contributed by atoms with van der Waals surface area (Å²) in [5.41, 5.74) is 0.835. The van der Waals surface area contributed by atoms with Crippen molar-refractivity contribution in [3.8, 4) is 0 Å². The van der Waals surface area contributed by atoms with Gasteiger partial charge in [-0.15, -0.1) is 0 Å². The SMILES string of the molecule is CN(C)CCCc1cccc(F)n1. The first-order valence-electron chi connectivity index (χ1n) is 4.44. The Bertz CT molecular complexity index is 261. The molecule has 0 N–H and O–H groups in total. The number of rotatable bonds is 4. The largest absolute Gasteiger partial charge is 0.309 e. The maximum atomic E-state index is 12.6. The van der Waals surface area contributed by atoms with Crippen molar-refractivity contribution in [3.05, 3.63) is 29.8 Å². The lowest BCUT2D eigenvalue weighted by atomic mass is 10.2. The highest BCUT2D eigenvalue weighted by Gasteiger charge is 1.97. The number of hydrogen-bond donors (Lipinski definition) is 0. The van der Waals surface area contributed by atoms with Gasteiger partial charge in [-0.25, -0.2) is 4.98 Å². The van der Waals surface area contributed by atoms with E-state index in [2.05, 4.69) is 9.88 Å². The van der Waals surface area contributed by atoms with Gasteiger partial charge in [0.15, 0.2) is 0 Å². The third kappa shape index (κ3) is 3.99. The third-order valence-corrected chi connectivity index (χ3v) is 1.81. The molecule has 0 amide bonds. The van der Waals surface area contributed by atoms with Crippen molar-refractivity contribution >= 4 is 0 Å². The van der Waals surface area contributed by atoms with Crippen molar-refractivity contribution in [2.24, 2.45) is 0 Å². The molecule has 0 saturated heterocycles. The summed E-state index contributed by atoms with van der Waals surface area (Å²) < 4.78 is 12.6. The highest BCUT2D eigenvalue weighted by Crippen LogP contribution is 2.01. The van der Waals surface area contributed by atoms with E-state index in [1.807, 2.05) is 20.2 Å². The molecule has 0 atom stereocenters. The molecule has 1 aromatic heterocycles. The molecule has 0 unspecified atom stereocenters. The van der Waals surface area contributed by atoms with Crippen LogP contribution >= 0.6 is 0 Å². The fourth-order valence-electron chi connectivity index (χ4n) is 1.17. The zero-order valence-corrected chi connectivity index (χ0v) is 8.13. The van der Waals surface area contributed by atoms with Crippen LogP contribution in [0.25, 0.3) is 0 Å². The lowest BCUT2D eigenvalue weighted by molar-refractivity contribution is 0.399. The van der Waals surface area contributed by atoms with Gasteiger partial charge in [-0.05, 0) is 45.6 Å². The molecule has 0 aliphatic heterocycles. The lowest BCUT2D eigenvalue weighted by Gasteiger charge is -2.08. The van der Waals surface area contributed by atoms with Gasteiger partial charge >= 0.3 is 0 Å². The molecule has 72 valence electrons. The molecular weight excluding hydrogens is 167 g/mol. The van der Waals surface area contributed by atoms with Crippen LogP contribution in [0.2, 0.25) is 0 Å². The second kappa shape index (κ2) is 4.92. The van der Waals surface area contributed by atoms with Crippen LogP contribution in [0.3, 0.4) is 0 Å². The number of pyridine rings is 1. The lowest BCUT2D eigenvalue weighted by Crippen LogP contribution is -2.13. The summed E-state index contributed by atoms with van der Waals surface area (Å²) >= 11 is 0. The van der Waals surface area contributed by atoms with Crippen LogP contribution < -0.4 is 0 Å². The van der Waals surface area contributed by atoms with Gasteiger partial charge in [0.2, 0.25) is 5.95 Å². The number of aryl methyl sites for hydroxylation is 1. The van der Waals surface area contributed by atoms with E-state index in [4.69, 9.17) is 0 Å². The molecule has 0 spiro atoms. The number of aromatic nitrogens is 1. The van der Waals surface area contributed by atoms with Crippen molar-refractivity contribution in [3.63, 3.8) is 0 Å². The number of halogens is 1. The Balaban J connectivity index is 2.37. The highest BCUT2D eigenvalue weighted by atomic mass is 19.1. The smallest absolute Gasteiger partial charge is 0.213 e. The van der Waals surface area contributed by atoms with Gasteiger partial charge in [-0.2, -0.15) is 4.39 Å². The predicted octanol–water partition coefficient (Wildman–Crippen LogP) is 1.71.